The van der Waals surface area contributed by atoms with Gasteiger partial charge in [-0.15, -0.1) is 10.2 Å². The molecule has 0 aliphatic heterocycles. The number of nitrogens with zero attached hydrogens (tertiary/aromatic N) is 2. The summed E-state index contributed by atoms with van der Waals surface area (Å²) >= 11 is 1.22. The minimum atomic E-state index is -0.964. The standard InChI is InChI=1S/C16H16FN3O3S/c1-16(2)11(12(16)14(22)23)13(21)18-15-20-19-10(24-15)7-8-3-5-9(17)6-4-8/h3-6,11-12H,7H2,1-2H3,(H,22,23)(H,18,20,21)/t11-,12-/m0/s1. The van der Waals surface area contributed by atoms with Gasteiger partial charge in [-0.25, -0.2) is 4.39 Å². The van der Waals surface area contributed by atoms with Gasteiger partial charge in [0, 0.05) is 6.42 Å². The summed E-state index contributed by atoms with van der Waals surface area (Å²) in [7, 11) is 0. The number of carbonyl (C=O) groups is 2. The van der Waals surface area contributed by atoms with Crippen molar-refractivity contribution in [3.05, 3.63) is 40.7 Å². The number of aliphatic carboxylic acids is 1. The summed E-state index contributed by atoms with van der Waals surface area (Å²) in [6.45, 7) is 3.52. The molecule has 0 saturated heterocycles. The Kier molecular flexibility index (Phi) is 4.08. The molecule has 2 N–H and O–H groups in total. The van der Waals surface area contributed by atoms with Crippen molar-refractivity contribution in [3.8, 4) is 0 Å². The van der Waals surface area contributed by atoms with Crippen LogP contribution in [0, 0.1) is 23.1 Å². The molecule has 8 heteroatoms. The Balaban J connectivity index is 1.63. The maximum atomic E-state index is 12.9. The second-order valence-corrected chi connectivity index (χ2v) is 7.47. The molecule has 126 valence electrons. The van der Waals surface area contributed by atoms with E-state index in [1.165, 1.54) is 23.5 Å². The van der Waals surface area contributed by atoms with Crippen LogP contribution in [0.15, 0.2) is 24.3 Å². The van der Waals surface area contributed by atoms with E-state index in [-0.39, 0.29) is 11.7 Å². The first-order valence-electron chi connectivity index (χ1n) is 7.39. The Bertz CT molecular complexity index is 788. The average molecular weight is 349 g/mol. The van der Waals surface area contributed by atoms with Crippen LogP contribution in [-0.2, 0) is 16.0 Å². The van der Waals surface area contributed by atoms with Crippen LogP contribution >= 0.6 is 11.3 Å². The molecule has 1 aliphatic carbocycles. The van der Waals surface area contributed by atoms with Gasteiger partial charge in [-0.05, 0) is 23.1 Å². The summed E-state index contributed by atoms with van der Waals surface area (Å²) < 4.78 is 12.9. The lowest BCUT2D eigenvalue weighted by atomic mass is 10.1. The Morgan fingerprint density at radius 2 is 1.92 bits per heavy atom. The zero-order chi connectivity index (χ0) is 17.5. The molecule has 1 fully saturated rings. The second-order valence-electron chi connectivity index (χ2n) is 6.41. The Morgan fingerprint density at radius 1 is 1.25 bits per heavy atom. The number of carboxylic acids is 1. The van der Waals surface area contributed by atoms with Crippen LogP contribution in [0.5, 0.6) is 0 Å². The number of anilines is 1. The number of hydrogen-bond acceptors (Lipinski definition) is 5. The second kappa shape index (κ2) is 5.94. The number of rotatable bonds is 5. The third-order valence-corrected chi connectivity index (χ3v) is 5.18. The monoisotopic (exact) mass is 349 g/mol. The lowest BCUT2D eigenvalue weighted by Crippen LogP contribution is -2.17. The number of halogens is 1. The SMILES string of the molecule is CC1(C)[C@H](C(=O)O)[C@H]1C(=O)Nc1nnc(Cc2ccc(F)cc2)s1. The summed E-state index contributed by atoms with van der Waals surface area (Å²) in [6.07, 6.45) is 0.487. The topological polar surface area (TPSA) is 92.2 Å². The van der Waals surface area contributed by atoms with Crippen LogP contribution < -0.4 is 5.32 Å². The van der Waals surface area contributed by atoms with Crippen molar-refractivity contribution in [3.63, 3.8) is 0 Å². The molecular formula is C16H16FN3O3S. The van der Waals surface area contributed by atoms with E-state index in [1.54, 1.807) is 26.0 Å². The minimum Gasteiger partial charge on any atom is -0.481 e. The Morgan fingerprint density at radius 3 is 2.50 bits per heavy atom. The highest BCUT2D eigenvalue weighted by Gasteiger charge is 2.66. The molecule has 24 heavy (non-hydrogen) atoms. The number of nitrogens with one attached hydrogen (secondary N) is 1. The van der Waals surface area contributed by atoms with Crippen molar-refractivity contribution in [1.82, 2.24) is 10.2 Å². The van der Waals surface area contributed by atoms with Gasteiger partial charge in [0.2, 0.25) is 11.0 Å². The van der Waals surface area contributed by atoms with Crippen molar-refractivity contribution in [2.45, 2.75) is 20.3 Å². The highest BCUT2D eigenvalue weighted by molar-refractivity contribution is 7.15. The molecule has 2 aromatic rings. The van der Waals surface area contributed by atoms with Gasteiger partial charge in [-0.1, -0.05) is 37.3 Å². The van der Waals surface area contributed by atoms with E-state index < -0.39 is 23.2 Å². The summed E-state index contributed by atoms with van der Waals surface area (Å²) in [6, 6.07) is 6.08. The van der Waals surface area contributed by atoms with E-state index >= 15 is 0 Å². The van der Waals surface area contributed by atoms with Gasteiger partial charge < -0.3 is 10.4 Å². The molecule has 0 bridgehead atoms. The van der Waals surface area contributed by atoms with E-state index in [0.29, 0.717) is 16.6 Å². The number of benzene rings is 1. The molecule has 1 saturated carbocycles. The number of hydrogen-bond donors (Lipinski definition) is 2. The minimum absolute atomic E-state index is 0.302. The molecule has 1 aromatic heterocycles. The van der Waals surface area contributed by atoms with Crippen molar-refractivity contribution in [2.24, 2.45) is 17.3 Å². The third kappa shape index (κ3) is 3.14. The van der Waals surface area contributed by atoms with E-state index in [0.717, 1.165) is 5.56 Å². The van der Waals surface area contributed by atoms with Crippen LogP contribution in [0.1, 0.15) is 24.4 Å². The number of carbonyl (C=O) groups excluding carboxylic acids is 1. The molecule has 3 rings (SSSR count). The van der Waals surface area contributed by atoms with E-state index in [9.17, 15) is 14.0 Å². The summed E-state index contributed by atoms with van der Waals surface area (Å²) in [4.78, 5) is 23.4. The Labute approximate surface area is 141 Å². The highest BCUT2D eigenvalue weighted by atomic mass is 32.1. The summed E-state index contributed by atoms with van der Waals surface area (Å²) in [5, 5.41) is 20.7. The first-order chi connectivity index (χ1) is 11.3. The molecule has 0 radical (unpaired) electrons. The van der Waals surface area contributed by atoms with Gasteiger partial charge in [0.1, 0.15) is 10.8 Å². The lowest BCUT2D eigenvalue weighted by molar-refractivity contribution is -0.140. The summed E-state index contributed by atoms with van der Waals surface area (Å²) in [5.74, 6) is -2.86. The van der Waals surface area contributed by atoms with Crippen LogP contribution in [-0.4, -0.2) is 27.2 Å². The maximum Gasteiger partial charge on any atom is 0.307 e. The maximum absolute atomic E-state index is 12.9. The summed E-state index contributed by atoms with van der Waals surface area (Å²) in [5.41, 5.74) is 0.331. The molecule has 1 amide bonds. The van der Waals surface area contributed by atoms with Gasteiger partial charge in [0.25, 0.3) is 0 Å². The Hall–Kier alpha value is -2.35. The molecule has 6 nitrogen and oxygen atoms in total. The van der Waals surface area contributed by atoms with Crippen molar-refractivity contribution < 1.29 is 19.1 Å². The van der Waals surface area contributed by atoms with Crippen LogP contribution in [0.4, 0.5) is 9.52 Å². The fourth-order valence-electron chi connectivity index (χ4n) is 2.92. The normalized spacial score (nSPS) is 21.3. The molecule has 1 aliphatic rings. The predicted octanol–water partition coefficient (Wildman–Crippen LogP) is 2.56. The van der Waals surface area contributed by atoms with Crippen molar-refractivity contribution >= 4 is 28.3 Å². The van der Waals surface area contributed by atoms with Crippen LogP contribution in [0.2, 0.25) is 0 Å². The fourth-order valence-corrected chi connectivity index (χ4v) is 3.70. The predicted molar refractivity (Wildman–Crippen MR) is 86.1 cm³/mol. The van der Waals surface area contributed by atoms with E-state index in [4.69, 9.17) is 5.11 Å². The third-order valence-electron chi connectivity index (χ3n) is 4.34. The number of aromatic nitrogens is 2. The molecule has 1 aromatic carbocycles. The molecule has 1 heterocycles. The van der Waals surface area contributed by atoms with Gasteiger partial charge in [-0.2, -0.15) is 0 Å². The quantitative estimate of drug-likeness (QED) is 0.865. The smallest absolute Gasteiger partial charge is 0.307 e. The molecule has 2 atom stereocenters. The molecular weight excluding hydrogens is 333 g/mol. The van der Waals surface area contributed by atoms with Gasteiger partial charge in [-0.3, -0.25) is 9.59 Å². The average Bonchev–Trinajstić information content (AvgIpc) is 2.85. The van der Waals surface area contributed by atoms with Gasteiger partial charge >= 0.3 is 5.97 Å². The van der Waals surface area contributed by atoms with E-state index in [1.807, 2.05) is 0 Å². The number of carboxylic acid groups (broad SMARTS) is 1. The largest absolute Gasteiger partial charge is 0.481 e. The first kappa shape index (κ1) is 16.5. The molecule has 0 unspecified atom stereocenters. The zero-order valence-corrected chi connectivity index (χ0v) is 13.9. The number of amides is 1. The van der Waals surface area contributed by atoms with Crippen molar-refractivity contribution in [2.75, 3.05) is 5.32 Å². The van der Waals surface area contributed by atoms with Crippen LogP contribution in [0.25, 0.3) is 0 Å². The zero-order valence-electron chi connectivity index (χ0n) is 13.1. The molecule has 0 spiro atoms. The highest BCUT2D eigenvalue weighted by Crippen LogP contribution is 2.58. The fraction of sp³-hybridized carbons (Fsp3) is 0.375. The van der Waals surface area contributed by atoms with Gasteiger partial charge in [0.15, 0.2) is 0 Å². The first-order valence-corrected chi connectivity index (χ1v) is 8.21. The van der Waals surface area contributed by atoms with Crippen molar-refractivity contribution in [1.29, 1.82) is 0 Å². The van der Waals surface area contributed by atoms with Crippen LogP contribution in [0.3, 0.4) is 0 Å². The van der Waals surface area contributed by atoms with Gasteiger partial charge in [0.05, 0.1) is 11.8 Å². The lowest BCUT2D eigenvalue weighted by Gasteiger charge is -2.01. The van der Waals surface area contributed by atoms with E-state index in [2.05, 4.69) is 15.5 Å².